The van der Waals surface area contributed by atoms with E-state index in [2.05, 4.69) is 29.8 Å². The van der Waals surface area contributed by atoms with Crippen LogP contribution >= 0.6 is 0 Å². The zero-order valence-electron chi connectivity index (χ0n) is 19.3. The number of hydrogen-bond donors (Lipinski definition) is 1. The molecule has 1 atom stereocenters. The Morgan fingerprint density at radius 3 is 2.62 bits per heavy atom. The van der Waals surface area contributed by atoms with Crippen LogP contribution in [0.3, 0.4) is 0 Å². The molecule has 1 aliphatic rings. The van der Waals surface area contributed by atoms with Crippen molar-refractivity contribution in [1.29, 1.82) is 0 Å². The molecule has 1 aromatic carbocycles. The van der Waals surface area contributed by atoms with Crippen LogP contribution in [0.2, 0.25) is 0 Å². The molecule has 0 amide bonds. The first-order valence-corrected chi connectivity index (χ1v) is 12.2. The Hall–Kier alpha value is -2.82. The Balaban J connectivity index is 1.55. The molecule has 0 spiro atoms. The van der Waals surface area contributed by atoms with Gasteiger partial charge in [-0.05, 0) is 62.1 Å². The molecule has 170 valence electrons. The van der Waals surface area contributed by atoms with Crippen LogP contribution < -0.4 is 10.1 Å². The summed E-state index contributed by atoms with van der Waals surface area (Å²) in [6.45, 7) is 4.20. The molecule has 0 unspecified atom stereocenters. The summed E-state index contributed by atoms with van der Waals surface area (Å²) >= 11 is 0. The molecule has 3 aromatic rings. The standard InChI is InChI=1S/C27H35N3O2/c1-3-5-11-20(4-2)27(31)32-23-17-15-21(16-18-23)25-26(28-22-12-7-6-8-13-22)30-19-10-9-14-24(30)29-25/h9-10,14-20,22,28H,3-8,11-13H2,1-2H3/t20-/m1/s1. The Labute approximate surface area is 191 Å². The molecule has 4 rings (SSSR count). The van der Waals surface area contributed by atoms with E-state index in [1.165, 1.54) is 32.1 Å². The zero-order valence-corrected chi connectivity index (χ0v) is 19.3. The topological polar surface area (TPSA) is 55.6 Å². The van der Waals surface area contributed by atoms with E-state index in [0.29, 0.717) is 11.8 Å². The summed E-state index contributed by atoms with van der Waals surface area (Å²) in [6, 6.07) is 14.3. The molecule has 5 heteroatoms. The molecule has 2 heterocycles. The van der Waals surface area contributed by atoms with Crippen molar-refractivity contribution in [3.63, 3.8) is 0 Å². The predicted molar refractivity (Wildman–Crippen MR) is 130 cm³/mol. The molecular weight excluding hydrogens is 398 g/mol. The lowest BCUT2D eigenvalue weighted by Gasteiger charge is -2.24. The van der Waals surface area contributed by atoms with Crippen LogP contribution in [0.25, 0.3) is 16.9 Å². The lowest BCUT2D eigenvalue weighted by Crippen LogP contribution is -2.23. The van der Waals surface area contributed by atoms with Crippen molar-refractivity contribution in [3.05, 3.63) is 48.7 Å². The van der Waals surface area contributed by atoms with E-state index in [9.17, 15) is 4.79 Å². The quantitative estimate of drug-likeness (QED) is 0.295. The van der Waals surface area contributed by atoms with Gasteiger partial charge in [0, 0.05) is 17.8 Å². The highest BCUT2D eigenvalue weighted by Gasteiger charge is 2.21. The minimum absolute atomic E-state index is 0.0284. The second-order valence-electron chi connectivity index (χ2n) is 8.91. The van der Waals surface area contributed by atoms with Crippen LogP contribution in [-0.2, 0) is 4.79 Å². The average molecular weight is 434 g/mol. The van der Waals surface area contributed by atoms with Crippen LogP contribution in [-0.4, -0.2) is 21.4 Å². The number of aromatic nitrogens is 2. The average Bonchev–Trinajstić information content (AvgIpc) is 3.19. The van der Waals surface area contributed by atoms with Gasteiger partial charge in [-0.15, -0.1) is 0 Å². The molecule has 0 aliphatic heterocycles. The molecule has 1 fully saturated rings. The number of carbonyl (C=O) groups is 1. The van der Waals surface area contributed by atoms with Crippen molar-refractivity contribution in [2.24, 2.45) is 5.92 Å². The summed E-state index contributed by atoms with van der Waals surface area (Å²) in [4.78, 5) is 17.5. The summed E-state index contributed by atoms with van der Waals surface area (Å²) < 4.78 is 7.82. The van der Waals surface area contributed by atoms with Crippen molar-refractivity contribution in [2.75, 3.05) is 5.32 Å². The maximum atomic E-state index is 12.5. The number of nitrogens with zero attached hydrogens (tertiary/aromatic N) is 2. The fraction of sp³-hybridized carbons (Fsp3) is 0.481. The third-order valence-corrected chi connectivity index (χ3v) is 6.55. The van der Waals surface area contributed by atoms with Crippen LogP contribution in [0.5, 0.6) is 5.75 Å². The normalized spacial score (nSPS) is 15.6. The highest BCUT2D eigenvalue weighted by atomic mass is 16.5. The highest BCUT2D eigenvalue weighted by molar-refractivity contribution is 5.78. The Morgan fingerprint density at radius 2 is 1.91 bits per heavy atom. The second kappa shape index (κ2) is 10.7. The SMILES string of the molecule is CCCC[C@@H](CC)C(=O)Oc1ccc(-c2nc3ccccn3c2NC2CCCCC2)cc1. The van der Waals surface area contributed by atoms with E-state index in [-0.39, 0.29) is 11.9 Å². The number of ether oxygens (including phenoxy) is 1. The van der Waals surface area contributed by atoms with Crippen molar-refractivity contribution < 1.29 is 9.53 Å². The lowest BCUT2D eigenvalue weighted by atomic mass is 9.95. The molecule has 0 bridgehead atoms. The van der Waals surface area contributed by atoms with Gasteiger partial charge in [-0.1, -0.05) is 52.0 Å². The van der Waals surface area contributed by atoms with Gasteiger partial charge in [0.1, 0.15) is 22.9 Å². The monoisotopic (exact) mass is 433 g/mol. The summed E-state index contributed by atoms with van der Waals surface area (Å²) in [5.74, 6) is 1.49. The van der Waals surface area contributed by atoms with Gasteiger partial charge in [0.05, 0.1) is 5.92 Å². The highest BCUT2D eigenvalue weighted by Crippen LogP contribution is 2.32. The molecule has 2 aromatic heterocycles. The summed E-state index contributed by atoms with van der Waals surface area (Å²) in [5.41, 5.74) is 2.89. The molecule has 1 saturated carbocycles. The predicted octanol–water partition coefficient (Wildman–Crippen LogP) is 6.87. The largest absolute Gasteiger partial charge is 0.426 e. The van der Waals surface area contributed by atoms with E-state index in [0.717, 1.165) is 48.4 Å². The molecular formula is C27H35N3O2. The fourth-order valence-electron chi connectivity index (χ4n) is 4.59. The number of imidazole rings is 1. The van der Waals surface area contributed by atoms with Crippen LogP contribution in [0.15, 0.2) is 48.7 Å². The van der Waals surface area contributed by atoms with Crippen LogP contribution in [0, 0.1) is 5.92 Å². The van der Waals surface area contributed by atoms with Gasteiger partial charge in [0.15, 0.2) is 0 Å². The van der Waals surface area contributed by atoms with Gasteiger partial charge in [0.2, 0.25) is 0 Å². The third kappa shape index (κ3) is 5.14. The van der Waals surface area contributed by atoms with E-state index in [1.54, 1.807) is 0 Å². The molecule has 1 aliphatic carbocycles. The summed E-state index contributed by atoms with van der Waals surface area (Å²) in [6.07, 6.45) is 12.2. The van der Waals surface area contributed by atoms with Gasteiger partial charge in [0.25, 0.3) is 0 Å². The number of carbonyl (C=O) groups excluding carboxylic acids is 1. The molecule has 0 saturated heterocycles. The molecule has 32 heavy (non-hydrogen) atoms. The first-order valence-electron chi connectivity index (χ1n) is 12.2. The number of rotatable bonds is 9. The number of hydrogen-bond acceptors (Lipinski definition) is 4. The number of unbranched alkanes of at least 4 members (excludes halogenated alkanes) is 1. The number of benzene rings is 1. The van der Waals surface area contributed by atoms with Gasteiger partial charge in [-0.2, -0.15) is 0 Å². The minimum atomic E-state index is -0.124. The zero-order chi connectivity index (χ0) is 22.3. The number of esters is 1. The van der Waals surface area contributed by atoms with E-state index in [4.69, 9.17) is 9.72 Å². The van der Waals surface area contributed by atoms with E-state index in [1.807, 2.05) is 42.5 Å². The summed E-state index contributed by atoms with van der Waals surface area (Å²) in [7, 11) is 0. The van der Waals surface area contributed by atoms with Crippen LogP contribution in [0.4, 0.5) is 5.82 Å². The number of anilines is 1. The Bertz CT molecular complexity index is 1020. The van der Waals surface area contributed by atoms with Gasteiger partial charge in [-0.3, -0.25) is 9.20 Å². The maximum absolute atomic E-state index is 12.5. The van der Waals surface area contributed by atoms with E-state index >= 15 is 0 Å². The minimum Gasteiger partial charge on any atom is -0.426 e. The number of fused-ring (bicyclic) bond motifs is 1. The molecule has 0 radical (unpaired) electrons. The van der Waals surface area contributed by atoms with Gasteiger partial charge in [-0.25, -0.2) is 4.98 Å². The summed E-state index contributed by atoms with van der Waals surface area (Å²) in [5, 5.41) is 3.77. The number of nitrogens with one attached hydrogen (secondary N) is 1. The van der Waals surface area contributed by atoms with Gasteiger partial charge < -0.3 is 10.1 Å². The van der Waals surface area contributed by atoms with Gasteiger partial charge >= 0.3 is 5.97 Å². The number of pyridine rings is 1. The van der Waals surface area contributed by atoms with Crippen molar-refractivity contribution in [3.8, 4) is 17.0 Å². The maximum Gasteiger partial charge on any atom is 0.314 e. The van der Waals surface area contributed by atoms with E-state index < -0.39 is 0 Å². The smallest absolute Gasteiger partial charge is 0.314 e. The molecule has 5 nitrogen and oxygen atoms in total. The van der Waals surface area contributed by atoms with Crippen molar-refractivity contribution in [1.82, 2.24) is 9.38 Å². The second-order valence-corrected chi connectivity index (χ2v) is 8.91. The van der Waals surface area contributed by atoms with Crippen LogP contribution in [0.1, 0.15) is 71.6 Å². The first-order chi connectivity index (χ1) is 15.7. The van der Waals surface area contributed by atoms with Crippen molar-refractivity contribution >= 4 is 17.4 Å². The first kappa shape index (κ1) is 22.4. The van der Waals surface area contributed by atoms with Crippen molar-refractivity contribution in [2.45, 2.75) is 77.7 Å². The lowest BCUT2D eigenvalue weighted by molar-refractivity contribution is -0.139. The fourth-order valence-corrected chi connectivity index (χ4v) is 4.59. The Morgan fingerprint density at radius 1 is 1.12 bits per heavy atom. The Kier molecular flexibility index (Phi) is 7.46. The third-order valence-electron chi connectivity index (χ3n) is 6.55. The molecule has 1 N–H and O–H groups in total.